The highest BCUT2D eigenvalue weighted by molar-refractivity contribution is 7.91. The molecule has 0 unspecified atom stereocenters. The number of ether oxygens (including phenoxy) is 1. The summed E-state index contributed by atoms with van der Waals surface area (Å²) in [5.41, 5.74) is 0. The minimum Gasteiger partial charge on any atom is -0.479 e. The molecule has 0 saturated heterocycles. The van der Waals surface area contributed by atoms with Crippen LogP contribution in [0.4, 0.5) is 8.78 Å². The van der Waals surface area contributed by atoms with Crippen LogP contribution in [0.1, 0.15) is 0 Å². The second-order valence-electron chi connectivity index (χ2n) is 5.57. The van der Waals surface area contributed by atoms with E-state index in [0.717, 1.165) is 0 Å². The number of benzene rings is 2. The van der Waals surface area contributed by atoms with Gasteiger partial charge in [-0.2, -0.15) is 0 Å². The van der Waals surface area contributed by atoms with E-state index in [0.29, 0.717) is 17.2 Å². The van der Waals surface area contributed by atoms with Gasteiger partial charge in [-0.3, -0.25) is 0 Å². The Morgan fingerprint density at radius 3 is 2.10 bits per heavy atom. The summed E-state index contributed by atoms with van der Waals surface area (Å²) >= 11 is 5.67. The zero-order valence-corrected chi connectivity index (χ0v) is 16.8. The van der Waals surface area contributed by atoms with Gasteiger partial charge in [0.25, 0.3) is 0 Å². The first kappa shape index (κ1) is 23.0. The first-order valence-corrected chi connectivity index (χ1v) is 11.3. The van der Waals surface area contributed by atoms with Crippen molar-refractivity contribution in [2.45, 2.75) is 9.79 Å². The molecule has 13 heteroatoms. The normalized spacial score (nSPS) is 12.0. The van der Waals surface area contributed by atoms with Gasteiger partial charge in [-0.15, -0.1) is 0 Å². The van der Waals surface area contributed by atoms with Crippen molar-refractivity contribution in [1.82, 2.24) is 4.72 Å². The van der Waals surface area contributed by atoms with E-state index in [1.807, 2.05) is 0 Å². The lowest BCUT2D eigenvalue weighted by Gasteiger charge is -2.10. The number of carboxylic acids is 1. The molecule has 0 aliphatic heterocycles. The molecular weight excluding hydrogens is 456 g/mol. The Morgan fingerprint density at radius 2 is 1.59 bits per heavy atom. The Balaban J connectivity index is 2.11. The van der Waals surface area contributed by atoms with Gasteiger partial charge in [0.2, 0.25) is 10.0 Å². The quantitative estimate of drug-likeness (QED) is 0.573. The van der Waals surface area contributed by atoms with Crippen molar-refractivity contribution in [3.63, 3.8) is 0 Å². The maximum atomic E-state index is 13.9. The summed E-state index contributed by atoms with van der Waals surface area (Å²) in [4.78, 5) is 9.52. The van der Waals surface area contributed by atoms with Gasteiger partial charge in [-0.1, -0.05) is 11.6 Å². The van der Waals surface area contributed by atoms with Crippen LogP contribution in [0.25, 0.3) is 0 Å². The van der Waals surface area contributed by atoms with Crippen molar-refractivity contribution in [2.75, 3.05) is 18.9 Å². The van der Waals surface area contributed by atoms with Gasteiger partial charge in [-0.05, 0) is 36.4 Å². The molecule has 158 valence electrons. The zero-order valence-electron chi connectivity index (χ0n) is 14.4. The van der Waals surface area contributed by atoms with E-state index in [4.69, 9.17) is 16.7 Å². The maximum Gasteiger partial charge on any atom is 0.341 e. The summed E-state index contributed by atoms with van der Waals surface area (Å²) in [5.74, 6) is -6.12. The lowest BCUT2D eigenvalue weighted by atomic mass is 10.3. The number of sulfone groups is 1. The fraction of sp³-hybridized carbons (Fsp3) is 0.188. The monoisotopic (exact) mass is 469 g/mol. The van der Waals surface area contributed by atoms with Gasteiger partial charge in [0.1, 0.15) is 0 Å². The number of nitrogens with one attached hydrogen (secondary N) is 1. The molecule has 0 radical (unpaired) electrons. The van der Waals surface area contributed by atoms with Crippen molar-refractivity contribution >= 4 is 37.4 Å². The fourth-order valence-corrected chi connectivity index (χ4v) is 4.57. The Bertz CT molecular complexity index is 1100. The third-order valence-corrected chi connectivity index (χ3v) is 6.88. The van der Waals surface area contributed by atoms with Crippen LogP contribution in [0.3, 0.4) is 0 Å². The van der Waals surface area contributed by atoms with E-state index in [1.54, 1.807) is 0 Å². The summed E-state index contributed by atoms with van der Waals surface area (Å²) in [6.45, 7) is -1.58. The SMILES string of the molecule is O=C(O)COc1c(F)cc(S(=O)(=O)CCNS(=O)(=O)c2ccc(Cl)cc2)cc1F. The minimum atomic E-state index is -4.26. The van der Waals surface area contributed by atoms with Crippen LogP contribution < -0.4 is 9.46 Å². The lowest BCUT2D eigenvalue weighted by molar-refractivity contribution is -0.139. The highest BCUT2D eigenvalue weighted by atomic mass is 35.5. The molecule has 2 rings (SSSR count). The molecule has 0 saturated carbocycles. The summed E-state index contributed by atoms with van der Waals surface area (Å²) in [6, 6.07) is 6.05. The largest absolute Gasteiger partial charge is 0.479 e. The maximum absolute atomic E-state index is 13.9. The molecule has 0 spiro atoms. The lowest BCUT2D eigenvalue weighted by Crippen LogP contribution is -2.29. The Hall–Kier alpha value is -2.28. The Morgan fingerprint density at radius 1 is 1.03 bits per heavy atom. The van der Waals surface area contributed by atoms with Crippen LogP contribution in [-0.2, 0) is 24.7 Å². The summed E-state index contributed by atoms with van der Waals surface area (Å²) < 4.78 is 83.1. The first-order valence-electron chi connectivity index (χ1n) is 7.74. The van der Waals surface area contributed by atoms with Gasteiger partial charge in [0, 0.05) is 11.6 Å². The molecule has 0 fully saturated rings. The van der Waals surface area contributed by atoms with Gasteiger partial charge in [0.15, 0.2) is 33.8 Å². The third-order valence-electron chi connectivity index (χ3n) is 3.46. The molecule has 2 N–H and O–H groups in total. The second-order valence-corrected chi connectivity index (χ2v) is 9.88. The molecule has 0 aliphatic carbocycles. The topological polar surface area (TPSA) is 127 Å². The van der Waals surface area contributed by atoms with Crippen molar-refractivity contribution in [3.05, 3.63) is 53.1 Å². The van der Waals surface area contributed by atoms with Crippen LogP contribution in [0.2, 0.25) is 5.02 Å². The molecule has 0 aromatic heterocycles. The number of halogens is 3. The number of carboxylic acid groups (broad SMARTS) is 1. The molecule has 0 amide bonds. The van der Waals surface area contributed by atoms with Crippen molar-refractivity contribution in [3.8, 4) is 5.75 Å². The van der Waals surface area contributed by atoms with E-state index in [-0.39, 0.29) is 4.90 Å². The van der Waals surface area contributed by atoms with Crippen LogP contribution in [0.15, 0.2) is 46.2 Å². The standard InChI is InChI=1S/C16H14ClF2NO7S2/c17-10-1-3-11(4-2-10)29(25,26)20-5-6-28(23,24)12-7-13(18)16(14(19)8-12)27-9-15(21)22/h1-4,7-8,20H,5-6,9H2,(H,21,22). The predicted molar refractivity (Wildman–Crippen MR) is 98.2 cm³/mol. The van der Waals surface area contributed by atoms with Crippen molar-refractivity contribution < 1.29 is 40.3 Å². The highest BCUT2D eigenvalue weighted by Crippen LogP contribution is 2.26. The predicted octanol–water partition coefficient (Wildman–Crippen LogP) is 1.83. The Labute approximate surface area is 170 Å². The molecule has 2 aromatic rings. The fourth-order valence-electron chi connectivity index (χ4n) is 2.11. The summed E-state index contributed by atoms with van der Waals surface area (Å²) in [7, 11) is -8.28. The third kappa shape index (κ3) is 6.10. The number of carbonyl (C=O) groups is 1. The molecule has 29 heavy (non-hydrogen) atoms. The molecule has 0 atom stereocenters. The van der Waals surface area contributed by atoms with Crippen LogP contribution in [-0.4, -0.2) is 46.8 Å². The highest BCUT2D eigenvalue weighted by Gasteiger charge is 2.22. The molecule has 8 nitrogen and oxygen atoms in total. The van der Waals surface area contributed by atoms with E-state index in [1.165, 1.54) is 24.3 Å². The van der Waals surface area contributed by atoms with Gasteiger partial charge >= 0.3 is 5.97 Å². The molecule has 0 heterocycles. The Kier molecular flexibility index (Phi) is 7.16. The molecular formula is C16H14ClF2NO7S2. The molecule has 2 aromatic carbocycles. The van der Waals surface area contributed by atoms with Crippen LogP contribution in [0, 0.1) is 11.6 Å². The van der Waals surface area contributed by atoms with Crippen molar-refractivity contribution in [1.29, 1.82) is 0 Å². The van der Waals surface area contributed by atoms with Gasteiger partial charge in [-0.25, -0.2) is 35.1 Å². The average molecular weight is 470 g/mol. The van der Waals surface area contributed by atoms with Crippen molar-refractivity contribution in [2.24, 2.45) is 0 Å². The zero-order chi connectivity index (χ0) is 21.8. The van der Waals surface area contributed by atoms with Crippen LogP contribution >= 0.6 is 11.6 Å². The van der Waals surface area contributed by atoms with Gasteiger partial charge < -0.3 is 9.84 Å². The molecule has 0 bridgehead atoms. The number of sulfonamides is 1. The van der Waals surface area contributed by atoms with Crippen LogP contribution in [0.5, 0.6) is 5.75 Å². The second kappa shape index (κ2) is 9.03. The summed E-state index contributed by atoms with van der Waals surface area (Å²) in [5, 5.41) is 8.78. The number of hydrogen-bond donors (Lipinski definition) is 2. The van der Waals surface area contributed by atoms with E-state index in [9.17, 15) is 30.4 Å². The molecule has 0 aliphatic rings. The van der Waals surface area contributed by atoms with E-state index in [2.05, 4.69) is 9.46 Å². The number of aliphatic carboxylic acids is 1. The minimum absolute atomic E-state index is 0.142. The van der Waals surface area contributed by atoms with E-state index < -0.39 is 67.0 Å². The summed E-state index contributed by atoms with van der Waals surface area (Å²) in [6.07, 6.45) is 0. The average Bonchev–Trinajstić information content (AvgIpc) is 2.60. The number of rotatable bonds is 9. The smallest absolute Gasteiger partial charge is 0.341 e. The van der Waals surface area contributed by atoms with Gasteiger partial charge in [0.05, 0.1) is 15.5 Å². The van der Waals surface area contributed by atoms with E-state index >= 15 is 0 Å². The first-order chi connectivity index (χ1) is 13.4. The number of hydrogen-bond acceptors (Lipinski definition) is 6.